The van der Waals surface area contributed by atoms with Gasteiger partial charge in [-0.2, -0.15) is 0 Å². The molecule has 0 aliphatic carbocycles. The second kappa shape index (κ2) is 8.99. The Balaban J connectivity index is 1.81. The van der Waals surface area contributed by atoms with Crippen LogP contribution in [0.3, 0.4) is 0 Å². The van der Waals surface area contributed by atoms with E-state index in [9.17, 15) is 9.59 Å². The van der Waals surface area contributed by atoms with E-state index < -0.39 is 0 Å². The lowest BCUT2D eigenvalue weighted by molar-refractivity contribution is -0.136. The Kier molecular flexibility index (Phi) is 7.00. The molecule has 0 saturated carbocycles. The Bertz CT molecular complexity index is 556. The van der Waals surface area contributed by atoms with Gasteiger partial charge in [0.05, 0.1) is 6.54 Å². The molecule has 0 radical (unpaired) electrons. The second-order valence-electron chi connectivity index (χ2n) is 7.39. The molecule has 138 valence electrons. The maximum Gasteiger partial charge on any atom is 0.237 e. The van der Waals surface area contributed by atoms with Crippen LogP contribution in [0.4, 0.5) is 5.69 Å². The lowest BCUT2D eigenvalue weighted by atomic mass is 9.95. The molecule has 25 heavy (non-hydrogen) atoms. The first-order valence-corrected chi connectivity index (χ1v) is 9.28. The number of rotatable bonds is 6. The molecule has 1 fully saturated rings. The van der Waals surface area contributed by atoms with Crippen molar-refractivity contribution in [2.24, 2.45) is 5.92 Å². The summed E-state index contributed by atoms with van der Waals surface area (Å²) in [5.74, 6) is 0.290. The fourth-order valence-corrected chi connectivity index (χ4v) is 3.56. The lowest BCUT2D eigenvalue weighted by Crippen LogP contribution is -2.49. The quantitative estimate of drug-likeness (QED) is 0.862. The third-order valence-electron chi connectivity index (χ3n) is 4.76. The minimum absolute atomic E-state index is 0.0258. The summed E-state index contributed by atoms with van der Waals surface area (Å²) in [6.07, 6.45) is 1.60. The van der Waals surface area contributed by atoms with Gasteiger partial charge in [-0.15, -0.1) is 0 Å². The first kappa shape index (κ1) is 19.4. The van der Waals surface area contributed by atoms with E-state index in [-0.39, 0.29) is 29.8 Å². The van der Waals surface area contributed by atoms with Crippen molar-refractivity contribution in [3.05, 3.63) is 30.3 Å². The smallest absolute Gasteiger partial charge is 0.237 e. The third-order valence-corrected chi connectivity index (χ3v) is 4.76. The zero-order valence-corrected chi connectivity index (χ0v) is 15.9. The average Bonchev–Trinajstić information content (AvgIpc) is 2.55. The largest absolute Gasteiger partial charge is 0.337 e. The number of hydrogen-bond acceptors (Lipinski definition) is 3. The Hall–Kier alpha value is -1.88. The summed E-state index contributed by atoms with van der Waals surface area (Å²) in [7, 11) is 0. The highest BCUT2D eigenvalue weighted by Crippen LogP contribution is 2.20. The maximum absolute atomic E-state index is 12.6. The van der Waals surface area contributed by atoms with Gasteiger partial charge in [0.1, 0.15) is 0 Å². The van der Waals surface area contributed by atoms with E-state index in [2.05, 4.69) is 37.9 Å². The highest BCUT2D eigenvalue weighted by atomic mass is 16.2. The van der Waals surface area contributed by atoms with Crippen molar-refractivity contribution in [2.45, 2.75) is 52.6 Å². The fraction of sp³-hybridized carbons (Fsp3) is 0.600. The number of carbonyl (C=O) groups is 2. The molecule has 1 heterocycles. The van der Waals surface area contributed by atoms with Crippen LogP contribution in [0.1, 0.15) is 40.5 Å². The van der Waals surface area contributed by atoms with E-state index in [0.29, 0.717) is 6.54 Å². The molecule has 1 aliphatic heterocycles. The number of amides is 2. The Morgan fingerprint density at radius 2 is 1.64 bits per heavy atom. The van der Waals surface area contributed by atoms with E-state index in [0.717, 1.165) is 31.6 Å². The summed E-state index contributed by atoms with van der Waals surface area (Å²) in [5, 5.41) is 2.98. The van der Waals surface area contributed by atoms with Crippen molar-refractivity contribution in [1.29, 1.82) is 0 Å². The molecule has 0 bridgehead atoms. The zero-order valence-electron chi connectivity index (χ0n) is 15.9. The average molecular weight is 345 g/mol. The molecule has 2 rings (SSSR count). The topological polar surface area (TPSA) is 52.7 Å². The standard InChI is InChI=1S/C20H31N3O2/c1-15(2)23(16(3)4)19(24)14-22-12-10-17(11-13-22)20(25)21-18-8-6-5-7-9-18/h5-9,15-17H,10-14H2,1-4H3,(H,21,25). The van der Waals surface area contributed by atoms with Gasteiger partial charge in [0.15, 0.2) is 0 Å². The number of likely N-dealkylation sites (tertiary alicyclic amines) is 1. The van der Waals surface area contributed by atoms with E-state index in [1.807, 2.05) is 35.2 Å². The summed E-state index contributed by atoms with van der Waals surface area (Å²) in [6.45, 7) is 10.3. The molecule has 0 aromatic heterocycles. The van der Waals surface area contributed by atoms with Gasteiger partial charge in [-0.3, -0.25) is 14.5 Å². The Morgan fingerprint density at radius 1 is 1.08 bits per heavy atom. The predicted molar refractivity (Wildman–Crippen MR) is 101 cm³/mol. The van der Waals surface area contributed by atoms with Crippen molar-refractivity contribution < 1.29 is 9.59 Å². The first-order valence-electron chi connectivity index (χ1n) is 9.28. The minimum Gasteiger partial charge on any atom is -0.337 e. The zero-order chi connectivity index (χ0) is 18.4. The predicted octanol–water partition coefficient (Wildman–Crippen LogP) is 2.98. The third kappa shape index (κ3) is 5.56. The molecular formula is C20H31N3O2. The van der Waals surface area contributed by atoms with Gasteiger partial charge in [0, 0.05) is 23.7 Å². The van der Waals surface area contributed by atoms with Crippen molar-refractivity contribution in [2.75, 3.05) is 25.0 Å². The SMILES string of the molecule is CC(C)N(C(=O)CN1CCC(C(=O)Nc2ccccc2)CC1)C(C)C. The summed E-state index contributed by atoms with van der Waals surface area (Å²) in [6, 6.07) is 9.99. The molecule has 1 saturated heterocycles. The fourth-order valence-electron chi connectivity index (χ4n) is 3.56. The van der Waals surface area contributed by atoms with Gasteiger partial charge < -0.3 is 10.2 Å². The number of nitrogens with zero attached hydrogens (tertiary/aromatic N) is 2. The number of carbonyl (C=O) groups excluding carboxylic acids is 2. The van der Waals surface area contributed by atoms with Crippen LogP contribution in [0.15, 0.2) is 30.3 Å². The van der Waals surface area contributed by atoms with Gasteiger partial charge in [0.25, 0.3) is 0 Å². The molecule has 5 nitrogen and oxygen atoms in total. The number of benzene rings is 1. The number of hydrogen-bond donors (Lipinski definition) is 1. The molecule has 0 unspecified atom stereocenters. The van der Waals surface area contributed by atoms with Gasteiger partial charge in [-0.1, -0.05) is 18.2 Å². The van der Waals surface area contributed by atoms with Crippen LogP contribution < -0.4 is 5.32 Å². The number of piperidine rings is 1. The molecule has 1 aromatic rings. The molecule has 1 aromatic carbocycles. The molecule has 1 N–H and O–H groups in total. The second-order valence-corrected chi connectivity index (χ2v) is 7.39. The molecule has 0 atom stereocenters. The van der Waals surface area contributed by atoms with Crippen LogP contribution >= 0.6 is 0 Å². The lowest BCUT2D eigenvalue weighted by Gasteiger charge is -2.35. The minimum atomic E-state index is 0.0258. The van der Waals surface area contributed by atoms with E-state index in [4.69, 9.17) is 0 Å². The van der Waals surface area contributed by atoms with Gasteiger partial charge >= 0.3 is 0 Å². The monoisotopic (exact) mass is 345 g/mol. The molecular weight excluding hydrogens is 314 g/mol. The molecule has 2 amide bonds. The summed E-state index contributed by atoms with van der Waals surface area (Å²) >= 11 is 0. The van der Waals surface area contributed by atoms with E-state index in [1.54, 1.807) is 0 Å². The highest BCUT2D eigenvalue weighted by Gasteiger charge is 2.28. The van der Waals surface area contributed by atoms with Crippen LogP contribution in [0, 0.1) is 5.92 Å². The summed E-state index contributed by atoms with van der Waals surface area (Å²) in [4.78, 5) is 29.0. The molecule has 5 heteroatoms. The van der Waals surface area contributed by atoms with Gasteiger partial charge in [0.2, 0.25) is 11.8 Å². The summed E-state index contributed by atoms with van der Waals surface area (Å²) < 4.78 is 0. The molecule has 1 aliphatic rings. The van der Waals surface area contributed by atoms with Crippen LogP contribution in [-0.4, -0.2) is 53.3 Å². The van der Waals surface area contributed by atoms with Crippen LogP contribution in [0.25, 0.3) is 0 Å². The maximum atomic E-state index is 12.6. The van der Waals surface area contributed by atoms with Crippen LogP contribution in [-0.2, 0) is 9.59 Å². The van der Waals surface area contributed by atoms with E-state index >= 15 is 0 Å². The number of nitrogens with one attached hydrogen (secondary N) is 1. The van der Waals surface area contributed by atoms with Crippen molar-refractivity contribution >= 4 is 17.5 Å². The Labute approximate surface area is 151 Å². The number of anilines is 1. The van der Waals surface area contributed by atoms with E-state index in [1.165, 1.54) is 0 Å². The van der Waals surface area contributed by atoms with Gasteiger partial charge in [-0.25, -0.2) is 0 Å². The van der Waals surface area contributed by atoms with Crippen molar-refractivity contribution in [3.8, 4) is 0 Å². The highest BCUT2D eigenvalue weighted by molar-refractivity contribution is 5.92. The Morgan fingerprint density at radius 3 is 2.16 bits per heavy atom. The van der Waals surface area contributed by atoms with Gasteiger partial charge in [-0.05, 0) is 65.8 Å². The van der Waals surface area contributed by atoms with Crippen LogP contribution in [0.2, 0.25) is 0 Å². The first-order chi connectivity index (χ1) is 11.9. The summed E-state index contributed by atoms with van der Waals surface area (Å²) in [5.41, 5.74) is 0.842. The van der Waals surface area contributed by atoms with Crippen molar-refractivity contribution in [1.82, 2.24) is 9.80 Å². The molecule has 0 spiro atoms. The normalized spacial score (nSPS) is 16.2. The van der Waals surface area contributed by atoms with Crippen LogP contribution in [0.5, 0.6) is 0 Å². The van der Waals surface area contributed by atoms with Crippen molar-refractivity contribution in [3.63, 3.8) is 0 Å². The number of para-hydroxylation sites is 1.